The van der Waals surface area contributed by atoms with Gasteiger partial charge in [-0.3, -0.25) is 0 Å². The first-order valence-electron chi connectivity index (χ1n) is 5.73. The van der Waals surface area contributed by atoms with E-state index in [1.807, 2.05) is 0 Å². The van der Waals surface area contributed by atoms with E-state index >= 15 is 0 Å². The lowest BCUT2D eigenvalue weighted by Crippen LogP contribution is -2.44. The van der Waals surface area contributed by atoms with E-state index in [0.717, 1.165) is 6.08 Å². The molecule has 0 saturated carbocycles. The van der Waals surface area contributed by atoms with Gasteiger partial charge in [0.15, 0.2) is 16.6 Å². The van der Waals surface area contributed by atoms with Crippen molar-refractivity contribution in [2.75, 3.05) is 6.61 Å². The molecule has 4 nitrogen and oxygen atoms in total. The second kappa shape index (κ2) is 6.48. The minimum atomic E-state index is -1.89. The van der Waals surface area contributed by atoms with Gasteiger partial charge in [0.2, 0.25) is 0 Å². The lowest BCUT2D eigenvalue weighted by Gasteiger charge is -2.32. The van der Waals surface area contributed by atoms with E-state index in [4.69, 9.17) is 8.85 Å². The molecular formula is C11H24O4Si2. The second-order valence-electron chi connectivity index (χ2n) is 5.67. The third-order valence-electron chi connectivity index (χ3n) is 1.89. The molecule has 0 aromatic carbocycles. The molecule has 1 N–H and O–H groups in total. The molecule has 0 fully saturated rings. The van der Waals surface area contributed by atoms with Crippen LogP contribution in [0, 0.1) is 0 Å². The fraction of sp³-hybridized carbons (Fsp3) is 0.727. The van der Waals surface area contributed by atoms with E-state index in [0.29, 0.717) is 6.04 Å². The van der Waals surface area contributed by atoms with Crippen LogP contribution in [0.5, 0.6) is 0 Å². The zero-order valence-electron chi connectivity index (χ0n) is 11.4. The molecule has 0 amide bonds. The van der Waals surface area contributed by atoms with Crippen molar-refractivity contribution in [1.82, 2.24) is 0 Å². The zero-order valence-corrected chi connectivity index (χ0v) is 13.4. The van der Waals surface area contributed by atoms with E-state index in [2.05, 4.69) is 39.3 Å². The monoisotopic (exact) mass is 276 g/mol. The highest BCUT2D eigenvalue weighted by molar-refractivity contribution is 6.84. The van der Waals surface area contributed by atoms with Gasteiger partial charge < -0.3 is 14.0 Å². The Labute approximate surface area is 106 Å². The lowest BCUT2D eigenvalue weighted by atomic mass is 10.4. The number of carbonyl (C=O) groups excluding carboxylic acids is 1. The standard InChI is InChI=1S/C11H24O4Si2/c1-7-11(13)14-8-10(12)9-17(5,6)15-16(2,3)4/h7,10,12H,1,8-9H2,2-6H3. The second-order valence-corrected chi connectivity index (χ2v) is 14.6. The molecule has 0 spiro atoms. The van der Waals surface area contributed by atoms with E-state index in [-0.39, 0.29) is 6.61 Å². The molecule has 0 aromatic rings. The van der Waals surface area contributed by atoms with Gasteiger partial charge in [-0.1, -0.05) is 6.58 Å². The molecule has 0 bridgehead atoms. The van der Waals surface area contributed by atoms with E-state index in [1.54, 1.807) is 0 Å². The third kappa shape index (κ3) is 9.28. The summed E-state index contributed by atoms with van der Waals surface area (Å²) in [6.07, 6.45) is 0.435. The number of aliphatic hydroxyl groups is 1. The van der Waals surface area contributed by atoms with Gasteiger partial charge in [-0.15, -0.1) is 0 Å². The summed E-state index contributed by atoms with van der Waals surface area (Å²) in [5.41, 5.74) is 0. The number of hydrogen-bond acceptors (Lipinski definition) is 4. The highest BCUT2D eigenvalue weighted by Crippen LogP contribution is 2.20. The van der Waals surface area contributed by atoms with Crippen LogP contribution in [-0.2, 0) is 13.6 Å². The van der Waals surface area contributed by atoms with Crippen LogP contribution >= 0.6 is 0 Å². The molecule has 0 rings (SSSR count). The van der Waals surface area contributed by atoms with Crippen molar-refractivity contribution in [3.63, 3.8) is 0 Å². The summed E-state index contributed by atoms with van der Waals surface area (Å²) in [5.74, 6) is -0.505. The van der Waals surface area contributed by atoms with Crippen LogP contribution in [0.1, 0.15) is 0 Å². The van der Waals surface area contributed by atoms with Crippen LogP contribution in [0.2, 0.25) is 38.8 Å². The average molecular weight is 276 g/mol. The Bertz CT molecular complexity index is 271. The minimum absolute atomic E-state index is 0.0103. The Balaban J connectivity index is 4.13. The number of carbonyl (C=O) groups is 1. The fourth-order valence-electron chi connectivity index (χ4n) is 1.73. The lowest BCUT2D eigenvalue weighted by molar-refractivity contribution is -0.140. The van der Waals surface area contributed by atoms with Gasteiger partial charge >= 0.3 is 5.97 Å². The summed E-state index contributed by atoms with van der Waals surface area (Å²) >= 11 is 0. The van der Waals surface area contributed by atoms with Crippen LogP contribution in [0.15, 0.2) is 12.7 Å². The molecule has 0 heterocycles. The van der Waals surface area contributed by atoms with Gasteiger partial charge in [0.1, 0.15) is 6.61 Å². The fourth-order valence-corrected chi connectivity index (χ4v) is 9.95. The Hall–Kier alpha value is -0.436. The SMILES string of the molecule is C=CC(=O)OCC(O)C[Si](C)(C)O[Si](C)(C)C. The van der Waals surface area contributed by atoms with Crippen molar-refractivity contribution in [3.8, 4) is 0 Å². The van der Waals surface area contributed by atoms with Crippen molar-refractivity contribution in [2.45, 2.75) is 44.9 Å². The summed E-state index contributed by atoms with van der Waals surface area (Å²) in [6.45, 7) is 13.8. The molecule has 0 aromatic heterocycles. The molecule has 0 aliphatic carbocycles. The number of ether oxygens (including phenoxy) is 1. The van der Waals surface area contributed by atoms with Crippen molar-refractivity contribution < 1.29 is 18.8 Å². The molecule has 1 unspecified atom stereocenters. The topological polar surface area (TPSA) is 55.8 Å². The maximum absolute atomic E-state index is 10.8. The smallest absolute Gasteiger partial charge is 0.330 e. The predicted octanol–water partition coefficient (Wildman–Crippen LogP) is 2.13. The van der Waals surface area contributed by atoms with Crippen molar-refractivity contribution >= 4 is 22.6 Å². The van der Waals surface area contributed by atoms with Crippen LogP contribution in [0.25, 0.3) is 0 Å². The minimum Gasteiger partial charge on any atom is -0.460 e. The summed E-state index contributed by atoms with van der Waals surface area (Å²) < 4.78 is 10.9. The van der Waals surface area contributed by atoms with Gasteiger partial charge in [-0.05, 0) is 38.8 Å². The first-order chi connectivity index (χ1) is 7.56. The molecule has 100 valence electrons. The molecule has 6 heteroatoms. The van der Waals surface area contributed by atoms with Crippen molar-refractivity contribution in [3.05, 3.63) is 12.7 Å². The average Bonchev–Trinajstić information content (AvgIpc) is 2.09. The van der Waals surface area contributed by atoms with Gasteiger partial charge in [0.05, 0.1) is 6.10 Å². The predicted molar refractivity (Wildman–Crippen MR) is 73.9 cm³/mol. The molecule has 0 radical (unpaired) electrons. The highest BCUT2D eigenvalue weighted by atomic mass is 28.4. The number of rotatable bonds is 7. The maximum Gasteiger partial charge on any atom is 0.330 e. The quantitative estimate of drug-likeness (QED) is 0.440. The van der Waals surface area contributed by atoms with Crippen molar-refractivity contribution in [2.24, 2.45) is 0 Å². The molecule has 1 atom stereocenters. The summed E-state index contributed by atoms with van der Waals surface area (Å²) in [7, 11) is -3.47. The Kier molecular flexibility index (Phi) is 6.32. The molecule has 0 saturated heterocycles. The largest absolute Gasteiger partial charge is 0.460 e. The van der Waals surface area contributed by atoms with Gasteiger partial charge in [0.25, 0.3) is 0 Å². The summed E-state index contributed by atoms with van der Waals surface area (Å²) in [5, 5.41) is 9.78. The Morgan fingerprint density at radius 1 is 1.35 bits per heavy atom. The maximum atomic E-state index is 10.8. The first kappa shape index (κ1) is 16.6. The Morgan fingerprint density at radius 3 is 2.29 bits per heavy atom. The first-order valence-corrected chi connectivity index (χ1v) is 12.3. The van der Waals surface area contributed by atoms with Crippen molar-refractivity contribution in [1.29, 1.82) is 0 Å². The highest BCUT2D eigenvalue weighted by Gasteiger charge is 2.32. The number of aliphatic hydroxyl groups excluding tert-OH is 1. The van der Waals surface area contributed by atoms with E-state index in [9.17, 15) is 9.90 Å². The van der Waals surface area contributed by atoms with Crippen LogP contribution in [0.4, 0.5) is 0 Å². The van der Waals surface area contributed by atoms with Gasteiger partial charge in [-0.2, -0.15) is 0 Å². The van der Waals surface area contributed by atoms with Gasteiger partial charge in [-0.25, -0.2) is 4.79 Å². The number of hydrogen-bond donors (Lipinski definition) is 1. The van der Waals surface area contributed by atoms with E-state index < -0.39 is 28.7 Å². The number of esters is 1. The molecule has 0 aliphatic rings. The van der Waals surface area contributed by atoms with E-state index in [1.165, 1.54) is 0 Å². The van der Waals surface area contributed by atoms with Crippen LogP contribution < -0.4 is 0 Å². The summed E-state index contributed by atoms with van der Waals surface area (Å²) in [4.78, 5) is 10.8. The molecule has 0 aliphatic heterocycles. The van der Waals surface area contributed by atoms with Gasteiger partial charge in [0, 0.05) is 6.08 Å². The molecule has 17 heavy (non-hydrogen) atoms. The normalized spacial score (nSPS) is 14.2. The third-order valence-corrected chi connectivity index (χ3v) is 8.01. The molecular weight excluding hydrogens is 252 g/mol. The van der Waals surface area contributed by atoms with Crippen LogP contribution in [0.3, 0.4) is 0 Å². The Morgan fingerprint density at radius 2 is 1.88 bits per heavy atom. The van der Waals surface area contributed by atoms with Crippen LogP contribution in [-0.4, -0.2) is 40.4 Å². The summed E-state index contributed by atoms with van der Waals surface area (Å²) in [6, 6.07) is 0.571. The zero-order chi connectivity index (χ0) is 13.7.